The second-order valence-corrected chi connectivity index (χ2v) is 8.18. The Morgan fingerprint density at radius 3 is 2.50 bits per heavy atom. The van der Waals surface area contributed by atoms with Crippen molar-refractivity contribution in [1.82, 2.24) is 4.98 Å². The van der Waals surface area contributed by atoms with Crippen LogP contribution in [0.1, 0.15) is 51.8 Å². The summed E-state index contributed by atoms with van der Waals surface area (Å²) in [5.74, 6) is 0.460. The van der Waals surface area contributed by atoms with Crippen LogP contribution in [-0.4, -0.2) is 29.2 Å². The van der Waals surface area contributed by atoms with Gasteiger partial charge in [-0.15, -0.1) is 0 Å². The number of nitrogens with zero attached hydrogens (tertiary/aromatic N) is 1. The van der Waals surface area contributed by atoms with Crippen molar-refractivity contribution in [2.75, 3.05) is 12.4 Å². The van der Waals surface area contributed by atoms with Gasteiger partial charge in [-0.2, -0.15) is 0 Å². The Balaban J connectivity index is 2.64. The van der Waals surface area contributed by atoms with Gasteiger partial charge in [-0.25, -0.2) is 4.98 Å². The zero-order valence-electron chi connectivity index (χ0n) is 17.0. The zero-order valence-corrected chi connectivity index (χ0v) is 17.8. The zero-order chi connectivity index (χ0) is 21.1. The van der Waals surface area contributed by atoms with Gasteiger partial charge in [0.25, 0.3) is 0 Å². The van der Waals surface area contributed by atoms with Crippen LogP contribution < -0.4 is 14.8 Å². The van der Waals surface area contributed by atoms with Crippen molar-refractivity contribution in [3.63, 3.8) is 0 Å². The number of nitrogens with one attached hydrogen (secondary N) is 1. The molecular weight excluding hydrogens is 380 g/mol. The molecule has 1 atom stereocenters. The minimum atomic E-state index is -1.13. The van der Waals surface area contributed by atoms with Gasteiger partial charge in [0.1, 0.15) is 11.9 Å². The summed E-state index contributed by atoms with van der Waals surface area (Å²) in [7, 11) is 1.48. The molecule has 2 rings (SSSR count). The van der Waals surface area contributed by atoms with Crippen molar-refractivity contribution < 1.29 is 19.4 Å². The number of methoxy groups -OCH3 is 1. The predicted molar refractivity (Wildman–Crippen MR) is 110 cm³/mol. The Labute approximate surface area is 170 Å². The molecule has 152 valence electrons. The van der Waals surface area contributed by atoms with E-state index in [4.69, 9.17) is 21.1 Å². The first-order chi connectivity index (χ1) is 13.0. The van der Waals surface area contributed by atoms with Gasteiger partial charge >= 0.3 is 0 Å². The second-order valence-electron chi connectivity index (χ2n) is 7.74. The van der Waals surface area contributed by atoms with E-state index in [2.05, 4.69) is 10.3 Å². The lowest BCUT2D eigenvalue weighted by atomic mass is 9.94. The second kappa shape index (κ2) is 8.80. The summed E-state index contributed by atoms with van der Waals surface area (Å²) >= 11 is 6.29. The van der Waals surface area contributed by atoms with Crippen LogP contribution in [0, 0.1) is 5.41 Å². The van der Waals surface area contributed by atoms with E-state index in [9.17, 15) is 9.90 Å². The Morgan fingerprint density at radius 2 is 1.93 bits per heavy atom. The summed E-state index contributed by atoms with van der Waals surface area (Å²) in [6.45, 7) is 9.16. The summed E-state index contributed by atoms with van der Waals surface area (Å²) in [6, 6.07) is 6.63. The number of anilines is 1. The van der Waals surface area contributed by atoms with E-state index in [-0.39, 0.29) is 17.9 Å². The molecule has 0 fully saturated rings. The average molecular weight is 407 g/mol. The molecule has 0 saturated heterocycles. The molecule has 6 nitrogen and oxygen atoms in total. The lowest BCUT2D eigenvalue weighted by molar-refractivity contribution is -0.123. The highest BCUT2D eigenvalue weighted by molar-refractivity contribution is 6.31. The summed E-state index contributed by atoms with van der Waals surface area (Å²) in [5.41, 5.74) is 0.584. The molecule has 28 heavy (non-hydrogen) atoms. The van der Waals surface area contributed by atoms with E-state index in [0.29, 0.717) is 27.6 Å². The van der Waals surface area contributed by atoms with Crippen molar-refractivity contribution >= 4 is 23.2 Å². The van der Waals surface area contributed by atoms with Crippen LogP contribution in [-0.2, 0) is 4.79 Å². The first-order valence-electron chi connectivity index (χ1n) is 9.03. The van der Waals surface area contributed by atoms with E-state index in [1.54, 1.807) is 30.5 Å². The molecule has 0 bridgehead atoms. The van der Waals surface area contributed by atoms with Crippen molar-refractivity contribution in [3.8, 4) is 11.6 Å². The quantitative estimate of drug-likeness (QED) is 0.732. The largest absolute Gasteiger partial charge is 0.489 e. The maximum Gasteiger partial charge on any atom is 0.229 e. The van der Waals surface area contributed by atoms with E-state index < -0.39 is 11.5 Å². The van der Waals surface area contributed by atoms with Crippen molar-refractivity contribution in [2.45, 2.75) is 46.8 Å². The first-order valence-corrected chi connectivity index (χ1v) is 9.41. The molecule has 0 aliphatic carbocycles. The van der Waals surface area contributed by atoms with Crippen LogP contribution >= 0.6 is 11.6 Å². The Kier molecular flexibility index (Phi) is 6.91. The number of aliphatic hydroxyl groups excluding tert-OH is 1. The van der Waals surface area contributed by atoms with Gasteiger partial charge in [0.15, 0.2) is 0 Å². The summed E-state index contributed by atoms with van der Waals surface area (Å²) in [5, 5.41) is 14.4. The van der Waals surface area contributed by atoms with Crippen LogP contribution in [0.15, 0.2) is 30.5 Å². The molecule has 2 aromatic rings. The van der Waals surface area contributed by atoms with E-state index >= 15 is 0 Å². The number of halogens is 1. The van der Waals surface area contributed by atoms with E-state index in [0.717, 1.165) is 0 Å². The third-order valence-electron chi connectivity index (χ3n) is 3.96. The van der Waals surface area contributed by atoms with Crippen LogP contribution in [0.4, 0.5) is 5.69 Å². The van der Waals surface area contributed by atoms with Crippen molar-refractivity contribution in [1.29, 1.82) is 0 Å². The highest BCUT2D eigenvalue weighted by Crippen LogP contribution is 2.41. The topological polar surface area (TPSA) is 80.7 Å². The number of benzene rings is 1. The van der Waals surface area contributed by atoms with Gasteiger partial charge in [0.05, 0.1) is 18.9 Å². The Bertz CT molecular complexity index is 847. The standard InChI is InChI=1S/C21H27ClN2O4/c1-12(2)28-16-11-13(22)10-15(17(16)24-20(26)21(3,4)5)18(25)14-8-7-9-23-19(14)27-6/h7-12,18,25H,1-6H3,(H,24,26)/t18-/m0/s1. The number of aliphatic hydroxyl groups is 1. The Hall–Kier alpha value is -2.31. The smallest absolute Gasteiger partial charge is 0.229 e. The number of hydrogen-bond donors (Lipinski definition) is 2. The van der Waals surface area contributed by atoms with Gasteiger partial charge in [-0.1, -0.05) is 32.4 Å². The lowest BCUT2D eigenvalue weighted by Gasteiger charge is -2.25. The number of carbonyl (C=O) groups excluding carboxylic acids is 1. The first kappa shape index (κ1) is 22.0. The highest BCUT2D eigenvalue weighted by Gasteiger charge is 2.28. The molecule has 1 aromatic carbocycles. The molecule has 0 aliphatic heterocycles. The molecule has 1 heterocycles. The highest BCUT2D eigenvalue weighted by atomic mass is 35.5. The third-order valence-corrected chi connectivity index (χ3v) is 4.18. The van der Waals surface area contributed by atoms with Crippen molar-refractivity contribution in [2.24, 2.45) is 5.41 Å². The average Bonchev–Trinajstić information content (AvgIpc) is 2.61. The van der Waals surface area contributed by atoms with E-state index in [1.807, 2.05) is 34.6 Å². The fraction of sp³-hybridized carbons (Fsp3) is 0.429. The number of aromatic nitrogens is 1. The lowest BCUT2D eigenvalue weighted by Crippen LogP contribution is -2.29. The van der Waals surface area contributed by atoms with Crippen LogP contribution in [0.5, 0.6) is 11.6 Å². The van der Waals surface area contributed by atoms with Gasteiger partial charge in [-0.05, 0) is 32.0 Å². The number of ether oxygens (including phenoxy) is 2. The molecule has 0 unspecified atom stereocenters. The number of rotatable bonds is 6. The third kappa shape index (κ3) is 5.14. The molecule has 1 aromatic heterocycles. The number of carbonyl (C=O) groups is 1. The Morgan fingerprint density at radius 1 is 1.25 bits per heavy atom. The van der Waals surface area contributed by atoms with E-state index in [1.165, 1.54) is 7.11 Å². The number of hydrogen-bond acceptors (Lipinski definition) is 5. The van der Waals surface area contributed by atoms with Gasteiger partial charge < -0.3 is 19.9 Å². The minimum Gasteiger partial charge on any atom is -0.489 e. The molecule has 2 N–H and O–H groups in total. The van der Waals surface area contributed by atoms with Gasteiger partial charge in [0, 0.05) is 33.8 Å². The number of amides is 1. The molecule has 7 heteroatoms. The van der Waals surface area contributed by atoms with Crippen LogP contribution in [0.2, 0.25) is 5.02 Å². The molecule has 0 aliphatic rings. The summed E-state index contributed by atoms with van der Waals surface area (Å²) < 4.78 is 11.1. The normalized spacial score (nSPS) is 12.6. The molecule has 1 amide bonds. The predicted octanol–water partition coefficient (Wildman–Crippen LogP) is 4.60. The SMILES string of the molecule is COc1ncccc1[C@H](O)c1cc(Cl)cc(OC(C)C)c1NC(=O)C(C)(C)C. The van der Waals surface area contributed by atoms with Gasteiger partial charge in [0.2, 0.25) is 11.8 Å². The number of pyridine rings is 1. The summed E-state index contributed by atoms with van der Waals surface area (Å²) in [6.07, 6.45) is 0.289. The fourth-order valence-corrected chi connectivity index (χ4v) is 2.77. The van der Waals surface area contributed by atoms with Gasteiger partial charge in [-0.3, -0.25) is 4.79 Å². The maximum absolute atomic E-state index is 12.7. The van der Waals surface area contributed by atoms with Crippen LogP contribution in [0.3, 0.4) is 0 Å². The summed E-state index contributed by atoms with van der Waals surface area (Å²) in [4.78, 5) is 16.8. The van der Waals surface area contributed by atoms with Crippen molar-refractivity contribution in [3.05, 3.63) is 46.6 Å². The molecular formula is C21H27ClN2O4. The molecule has 0 saturated carbocycles. The molecule has 0 spiro atoms. The molecule has 0 radical (unpaired) electrons. The fourth-order valence-electron chi connectivity index (χ4n) is 2.55. The maximum atomic E-state index is 12.7. The monoisotopic (exact) mass is 406 g/mol. The minimum absolute atomic E-state index is 0.151. The van der Waals surface area contributed by atoms with Crippen LogP contribution in [0.25, 0.3) is 0 Å².